The molecule has 1 saturated heterocycles. The lowest BCUT2D eigenvalue weighted by Gasteiger charge is -2.09. The van der Waals surface area contributed by atoms with Gasteiger partial charge in [-0.05, 0) is 40.9 Å². The van der Waals surface area contributed by atoms with Gasteiger partial charge in [0.2, 0.25) is 5.91 Å². The second kappa shape index (κ2) is 5.93. The molecule has 0 aromatic carbocycles. The Morgan fingerprint density at radius 1 is 1.50 bits per heavy atom. The first-order chi connectivity index (χ1) is 9.72. The van der Waals surface area contributed by atoms with E-state index in [2.05, 4.69) is 26.2 Å². The molecule has 106 valence electrons. The fraction of sp³-hybridized carbons (Fsp3) is 0.429. The Balaban J connectivity index is 1.55. The zero-order valence-electron chi connectivity index (χ0n) is 11.0. The van der Waals surface area contributed by atoms with Crippen LogP contribution in [0.1, 0.15) is 18.5 Å². The molecule has 20 heavy (non-hydrogen) atoms. The van der Waals surface area contributed by atoms with Gasteiger partial charge in [-0.15, -0.1) is 0 Å². The molecule has 1 aliphatic rings. The van der Waals surface area contributed by atoms with E-state index in [1.54, 1.807) is 0 Å². The normalized spacial score (nSPS) is 18.6. The Kier molecular flexibility index (Phi) is 4.03. The zero-order valence-corrected chi connectivity index (χ0v) is 12.6. The lowest BCUT2D eigenvalue weighted by Crippen LogP contribution is -2.35. The molecule has 3 rings (SSSR count). The number of hydrogen-bond donors (Lipinski definition) is 1. The van der Waals surface area contributed by atoms with Crippen LogP contribution in [0.2, 0.25) is 0 Å². The highest BCUT2D eigenvalue weighted by Gasteiger charge is 2.22. The number of rotatable bonds is 4. The molecule has 0 spiro atoms. The number of amides is 1. The number of carbonyl (C=O) groups is 1. The van der Waals surface area contributed by atoms with Gasteiger partial charge in [0.15, 0.2) is 0 Å². The molecule has 5 nitrogen and oxygen atoms in total. The second-order valence-corrected chi connectivity index (χ2v) is 5.80. The number of imidazole rings is 1. The van der Waals surface area contributed by atoms with Crippen LogP contribution in [0.3, 0.4) is 0 Å². The highest BCUT2D eigenvalue weighted by molar-refractivity contribution is 9.10. The topological polar surface area (TPSA) is 55.6 Å². The third kappa shape index (κ3) is 3.02. The zero-order chi connectivity index (χ0) is 13.9. The van der Waals surface area contributed by atoms with E-state index in [0.717, 1.165) is 35.1 Å². The van der Waals surface area contributed by atoms with Crippen molar-refractivity contribution in [1.29, 1.82) is 0 Å². The Morgan fingerprint density at radius 3 is 3.20 bits per heavy atom. The molecule has 0 saturated carbocycles. The summed E-state index contributed by atoms with van der Waals surface area (Å²) in [5.74, 6) is -0.00555. The molecule has 1 unspecified atom stereocenters. The first-order valence-corrected chi connectivity index (χ1v) is 7.54. The average Bonchev–Trinajstić information content (AvgIpc) is 3.06. The number of hydrogen-bond acceptors (Lipinski definition) is 3. The highest BCUT2D eigenvalue weighted by Crippen LogP contribution is 2.13. The summed E-state index contributed by atoms with van der Waals surface area (Å²) in [7, 11) is 0. The van der Waals surface area contributed by atoms with Crippen LogP contribution >= 0.6 is 15.9 Å². The Hall–Kier alpha value is -1.40. The number of pyridine rings is 1. The minimum atomic E-state index is -0.257. The summed E-state index contributed by atoms with van der Waals surface area (Å²) in [5.41, 5.74) is 1.88. The fourth-order valence-corrected chi connectivity index (χ4v) is 2.70. The van der Waals surface area contributed by atoms with E-state index in [9.17, 15) is 4.79 Å². The van der Waals surface area contributed by atoms with E-state index >= 15 is 0 Å². The van der Waals surface area contributed by atoms with Gasteiger partial charge in [-0.2, -0.15) is 0 Å². The number of aromatic nitrogens is 2. The third-order valence-corrected chi connectivity index (χ3v) is 3.84. The number of nitrogens with one attached hydrogen (secondary N) is 1. The smallest absolute Gasteiger partial charge is 0.249 e. The summed E-state index contributed by atoms with van der Waals surface area (Å²) in [6, 6.07) is 3.92. The maximum atomic E-state index is 11.8. The minimum Gasteiger partial charge on any atom is -0.368 e. The summed E-state index contributed by atoms with van der Waals surface area (Å²) in [4.78, 5) is 16.3. The van der Waals surface area contributed by atoms with Crippen LogP contribution in [0.5, 0.6) is 0 Å². The van der Waals surface area contributed by atoms with Crippen molar-refractivity contribution in [2.75, 3.05) is 13.2 Å². The van der Waals surface area contributed by atoms with E-state index in [-0.39, 0.29) is 12.0 Å². The molecule has 1 amide bonds. The van der Waals surface area contributed by atoms with Crippen molar-refractivity contribution in [3.63, 3.8) is 0 Å². The van der Waals surface area contributed by atoms with E-state index in [0.29, 0.717) is 13.2 Å². The monoisotopic (exact) mass is 337 g/mol. The van der Waals surface area contributed by atoms with Gasteiger partial charge in [-0.25, -0.2) is 4.98 Å². The fourth-order valence-electron chi connectivity index (χ4n) is 2.35. The number of ether oxygens (including phenoxy) is 1. The molecule has 3 heterocycles. The van der Waals surface area contributed by atoms with Gasteiger partial charge in [0.1, 0.15) is 11.8 Å². The largest absolute Gasteiger partial charge is 0.368 e. The van der Waals surface area contributed by atoms with Gasteiger partial charge in [0.05, 0.1) is 5.69 Å². The van der Waals surface area contributed by atoms with Crippen molar-refractivity contribution in [2.24, 2.45) is 0 Å². The summed E-state index contributed by atoms with van der Waals surface area (Å²) < 4.78 is 8.33. The standard InChI is InChI=1S/C14H16BrN3O2/c15-10-3-4-13-17-11(9-18(13)8-10)5-6-16-14(19)12-2-1-7-20-12/h3-4,8-9,12H,1-2,5-7H2,(H,16,19). The molecule has 1 aliphatic heterocycles. The number of fused-ring (bicyclic) bond motifs is 1. The van der Waals surface area contributed by atoms with Gasteiger partial charge in [0.25, 0.3) is 0 Å². The van der Waals surface area contributed by atoms with Crippen LogP contribution in [-0.4, -0.2) is 34.5 Å². The van der Waals surface area contributed by atoms with Crippen LogP contribution in [0.25, 0.3) is 5.65 Å². The maximum absolute atomic E-state index is 11.8. The molecule has 1 N–H and O–H groups in total. The predicted octanol–water partition coefficient (Wildman–Crippen LogP) is 1.93. The van der Waals surface area contributed by atoms with Crippen molar-refractivity contribution in [1.82, 2.24) is 14.7 Å². The number of nitrogens with zero attached hydrogens (tertiary/aromatic N) is 2. The predicted molar refractivity (Wildman–Crippen MR) is 78.6 cm³/mol. The average molecular weight is 338 g/mol. The SMILES string of the molecule is O=C(NCCc1cn2cc(Br)ccc2n1)C1CCCO1. The lowest BCUT2D eigenvalue weighted by atomic mass is 10.2. The van der Waals surface area contributed by atoms with Crippen LogP contribution in [-0.2, 0) is 16.0 Å². The van der Waals surface area contributed by atoms with E-state index in [4.69, 9.17) is 4.74 Å². The molecule has 1 atom stereocenters. The van der Waals surface area contributed by atoms with Gasteiger partial charge in [0, 0.05) is 36.4 Å². The Labute approximate surface area is 125 Å². The van der Waals surface area contributed by atoms with Crippen molar-refractivity contribution in [3.8, 4) is 0 Å². The Morgan fingerprint density at radius 2 is 2.40 bits per heavy atom. The number of carbonyl (C=O) groups excluding carboxylic acids is 1. The highest BCUT2D eigenvalue weighted by atomic mass is 79.9. The molecular weight excluding hydrogens is 322 g/mol. The maximum Gasteiger partial charge on any atom is 0.249 e. The quantitative estimate of drug-likeness (QED) is 0.927. The van der Waals surface area contributed by atoms with E-state index in [1.807, 2.05) is 28.9 Å². The van der Waals surface area contributed by atoms with E-state index in [1.165, 1.54) is 0 Å². The third-order valence-electron chi connectivity index (χ3n) is 3.37. The lowest BCUT2D eigenvalue weighted by molar-refractivity contribution is -0.129. The van der Waals surface area contributed by atoms with Crippen molar-refractivity contribution in [2.45, 2.75) is 25.4 Å². The van der Waals surface area contributed by atoms with Crippen molar-refractivity contribution in [3.05, 3.63) is 34.7 Å². The van der Waals surface area contributed by atoms with Crippen LogP contribution < -0.4 is 5.32 Å². The molecule has 2 aromatic heterocycles. The van der Waals surface area contributed by atoms with Gasteiger partial charge in [-0.3, -0.25) is 4.79 Å². The van der Waals surface area contributed by atoms with E-state index < -0.39 is 0 Å². The first-order valence-electron chi connectivity index (χ1n) is 6.75. The first kappa shape index (κ1) is 13.6. The molecule has 6 heteroatoms. The van der Waals surface area contributed by atoms with Crippen LogP contribution in [0.15, 0.2) is 29.0 Å². The second-order valence-electron chi connectivity index (χ2n) is 4.89. The Bertz CT molecular complexity index is 620. The summed E-state index contributed by atoms with van der Waals surface area (Å²) in [6.45, 7) is 1.28. The van der Waals surface area contributed by atoms with Gasteiger partial charge in [-0.1, -0.05) is 0 Å². The van der Waals surface area contributed by atoms with Gasteiger partial charge < -0.3 is 14.5 Å². The summed E-state index contributed by atoms with van der Waals surface area (Å²) in [5, 5.41) is 2.91. The van der Waals surface area contributed by atoms with Crippen LogP contribution in [0, 0.1) is 0 Å². The van der Waals surface area contributed by atoms with Crippen LogP contribution in [0.4, 0.5) is 0 Å². The van der Waals surface area contributed by atoms with Crippen molar-refractivity contribution < 1.29 is 9.53 Å². The molecule has 0 radical (unpaired) electrons. The molecule has 0 bridgehead atoms. The molecule has 1 fully saturated rings. The molecular formula is C14H16BrN3O2. The minimum absolute atomic E-state index is 0.00555. The van der Waals surface area contributed by atoms with Crippen molar-refractivity contribution >= 4 is 27.5 Å². The molecule has 0 aliphatic carbocycles. The van der Waals surface area contributed by atoms with Gasteiger partial charge >= 0.3 is 0 Å². The molecule has 2 aromatic rings. The number of halogens is 1. The summed E-state index contributed by atoms with van der Waals surface area (Å²) in [6.07, 6.45) is 6.22. The summed E-state index contributed by atoms with van der Waals surface area (Å²) >= 11 is 3.43.